The van der Waals surface area contributed by atoms with Crippen LogP contribution in [0, 0.1) is 11.8 Å². The Bertz CT molecular complexity index is 331. The Morgan fingerprint density at radius 3 is 2.10 bits per heavy atom. The van der Waals surface area contributed by atoms with Gasteiger partial charge in [0, 0.05) is 0 Å². The van der Waals surface area contributed by atoms with E-state index in [2.05, 4.69) is 18.0 Å². The molecule has 0 aromatic rings. The third-order valence-corrected chi connectivity index (χ3v) is 4.19. The van der Waals surface area contributed by atoms with Crippen molar-refractivity contribution >= 4 is 10.4 Å². The van der Waals surface area contributed by atoms with E-state index in [0.717, 1.165) is 12.8 Å². The Kier molecular flexibility index (Phi) is 15.3. The Hall–Kier alpha value is 0.870. The molecule has 0 aliphatic rings. The molecule has 0 fully saturated rings. The van der Waals surface area contributed by atoms with Crippen LogP contribution in [0.2, 0.25) is 0 Å². The molecule has 0 aliphatic carbocycles. The van der Waals surface area contributed by atoms with E-state index < -0.39 is 16.5 Å². The normalized spacial score (nSPS) is 14.8. The van der Waals surface area contributed by atoms with Crippen LogP contribution in [-0.4, -0.2) is 19.1 Å². The minimum atomic E-state index is -4.59. The maximum Gasteiger partial charge on any atom is 1.00 e. The molecule has 21 heavy (non-hydrogen) atoms. The Morgan fingerprint density at radius 2 is 1.67 bits per heavy atom. The molecule has 0 saturated heterocycles. The number of hydrogen-bond acceptors (Lipinski definition) is 4. The van der Waals surface area contributed by atoms with Crippen molar-refractivity contribution in [2.75, 3.05) is 0 Å². The summed E-state index contributed by atoms with van der Waals surface area (Å²) in [7, 11) is -4.59. The van der Waals surface area contributed by atoms with Crippen LogP contribution in [-0.2, 0) is 14.6 Å². The van der Waals surface area contributed by atoms with Crippen LogP contribution in [0.15, 0.2) is 0 Å². The molecule has 4 nitrogen and oxygen atoms in total. The summed E-state index contributed by atoms with van der Waals surface area (Å²) >= 11 is 0. The van der Waals surface area contributed by atoms with Gasteiger partial charge in [0.2, 0.25) is 10.4 Å². The first kappa shape index (κ1) is 24.1. The molecule has 0 bridgehead atoms. The second-order valence-corrected chi connectivity index (χ2v) is 7.11. The van der Waals surface area contributed by atoms with Crippen molar-refractivity contribution in [3.05, 3.63) is 0 Å². The summed E-state index contributed by atoms with van der Waals surface area (Å²) in [4.78, 5) is 0. The van der Waals surface area contributed by atoms with Crippen LogP contribution in [0.5, 0.6) is 0 Å². The van der Waals surface area contributed by atoms with Gasteiger partial charge in [-0.2, -0.15) is 0 Å². The second-order valence-electron chi connectivity index (χ2n) is 6.10. The van der Waals surface area contributed by atoms with Crippen molar-refractivity contribution < 1.29 is 46.7 Å². The van der Waals surface area contributed by atoms with Gasteiger partial charge in [-0.25, -0.2) is 8.42 Å². The van der Waals surface area contributed by atoms with Crippen molar-refractivity contribution in [2.45, 2.75) is 85.2 Å². The summed E-state index contributed by atoms with van der Waals surface area (Å²) in [6.45, 7) is 8.37. The Balaban J connectivity index is 0. The van der Waals surface area contributed by atoms with Crippen molar-refractivity contribution in [1.29, 1.82) is 0 Å². The molecule has 0 N–H and O–H groups in total. The smallest absolute Gasteiger partial charge is 0.726 e. The van der Waals surface area contributed by atoms with E-state index in [1.807, 2.05) is 13.8 Å². The molecule has 0 heterocycles. The molecule has 122 valence electrons. The summed E-state index contributed by atoms with van der Waals surface area (Å²) in [5, 5.41) is 0. The van der Waals surface area contributed by atoms with E-state index in [-0.39, 0.29) is 29.6 Å². The number of rotatable bonds is 12. The minimum Gasteiger partial charge on any atom is -0.726 e. The van der Waals surface area contributed by atoms with E-state index in [0.29, 0.717) is 24.7 Å². The third-order valence-electron chi connectivity index (χ3n) is 3.68. The van der Waals surface area contributed by atoms with Gasteiger partial charge in [0.25, 0.3) is 0 Å². The van der Waals surface area contributed by atoms with Crippen LogP contribution in [0.1, 0.15) is 79.1 Å². The fraction of sp³-hybridized carbons (Fsp3) is 1.00. The van der Waals surface area contributed by atoms with Gasteiger partial charge in [0.15, 0.2) is 0 Å². The van der Waals surface area contributed by atoms with Gasteiger partial charge in [-0.05, 0) is 31.1 Å². The molecule has 0 rings (SSSR count). The fourth-order valence-corrected chi connectivity index (χ4v) is 3.06. The van der Waals surface area contributed by atoms with Crippen LogP contribution in [0.4, 0.5) is 0 Å². The molecular weight excluding hydrogens is 299 g/mol. The average Bonchev–Trinajstić information content (AvgIpc) is 2.30. The molecule has 6 heteroatoms. The topological polar surface area (TPSA) is 66.4 Å². The summed E-state index contributed by atoms with van der Waals surface area (Å²) in [5.74, 6) is 0.927. The molecule has 0 spiro atoms. The quantitative estimate of drug-likeness (QED) is 0.234. The number of hydrogen-bond donors (Lipinski definition) is 0. The first-order chi connectivity index (χ1) is 9.28. The van der Waals surface area contributed by atoms with Crippen LogP contribution in [0.3, 0.4) is 0 Å². The molecule has 0 amide bonds. The molecule has 0 radical (unpaired) electrons. The van der Waals surface area contributed by atoms with Crippen molar-refractivity contribution in [2.24, 2.45) is 11.8 Å². The Labute approximate surface area is 153 Å². The molecule has 2 unspecified atom stereocenters. The van der Waals surface area contributed by atoms with Gasteiger partial charge >= 0.3 is 29.6 Å². The van der Waals surface area contributed by atoms with Gasteiger partial charge in [-0.15, -0.1) is 0 Å². The first-order valence-electron chi connectivity index (χ1n) is 7.92. The largest absolute Gasteiger partial charge is 1.00 e. The third kappa shape index (κ3) is 15.5. The van der Waals surface area contributed by atoms with E-state index in [1.54, 1.807) is 0 Å². The second kappa shape index (κ2) is 13.3. The van der Waals surface area contributed by atoms with E-state index in [4.69, 9.17) is 0 Å². The zero-order valence-corrected chi connectivity index (χ0v) is 17.2. The molecular formula is C15H31NaO4S. The average molecular weight is 330 g/mol. The summed E-state index contributed by atoms with van der Waals surface area (Å²) in [6, 6.07) is 0. The van der Waals surface area contributed by atoms with E-state index in [9.17, 15) is 13.0 Å². The van der Waals surface area contributed by atoms with Gasteiger partial charge in [0.1, 0.15) is 0 Å². The predicted octanol–water partition coefficient (Wildman–Crippen LogP) is 1.27. The molecule has 0 saturated carbocycles. The molecule has 0 aliphatic heterocycles. The summed E-state index contributed by atoms with van der Waals surface area (Å²) in [6.07, 6.45) is 7.72. The van der Waals surface area contributed by atoms with Crippen LogP contribution in [0.25, 0.3) is 0 Å². The van der Waals surface area contributed by atoms with E-state index in [1.165, 1.54) is 25.7 Å². The summed E-state index contributed by atoms with van der Waals surface area (Å²) in [5.41, 5.74) is 0. The van der Waals surface area contributed by atoms with Crippen molar-refractivity contribution in [1.82, 2.24) is 0 Å². The van der Waals surface area contributed by atoms with Gasteiger partial charge in [-0.1, -0.05) is 59.8 Å². The standard InChI is InChI=1S/C15H32O4S.Na/c1-5-7-8-9-14(6-2)10-11-15(12-13(3)4)19-20(16,17)18;/h13-15H,5-12H2,1-4H3,(H,16,17,18);/q;+1/p-1. The minimum absolute atomic E-state index is 0. The zero-order chi connectivity index (χ0) is 15.6. The maximum atomic E-state index is 10.8. The zero-order valence-electron chi connectivity index (χ0n) is 14.4. The van der Waals surface area contributed by atoms with Gasteiger partial charge in [0.05, 0.1) is 6.10 Å². The fourth-order valence-electron chi connectivity index (χ4n) is 2.55. The first-order valence-corrected chi connectivity index (χ1v) is 9.25. The number of unbranched alkanes of at least 4 members (excludes halogenated alkanes) is 2. The van der Waals surface area contributed by atoms with E-state index >= 15 is 0 Å². The summed E-state index contributed by atoms with van der Waals surface area (Å²) < 4.78 is 37.0. The van der Waals surface area contributed by atoms with Crippen LogP contribution >= 0.6 is 0 Å². The molecule has 0 aromatic carbocycles. The predicted molar refractivity (Wildman–Crippen MR) is 81.2 cm³/mol. The molecule has 2 atom stereocenters. The molecule has 0 aromatic heterocycles. The maximum absolute atomic E-state index is 10.8. The van der Waals surface area contributed by atoms with Crippen molar-refractivity contribution in [3.63, 3.8) is 0 Å². The SMILES string of the molecule is CCCCCC(CC)CCC(CC(C)C)OS(=O)(=O)[O-].[Na+]. The van der Waals surface area contributed by atoms with Crippen LogP contribution < -0.4 is 29.6 Å². The monoisotopic (exact) mass is 330 g/mol. The van der Waals surface area contributed by atoms with Gasteiger partial charge < -0.3 is 4.55 Å². The van der Waals surface area contributed by atoms with Gasteiger partial charge in [-0.3, -0.25) is 4.18 Å². The Morgan fingerprint density at radius 1 is 1.05 bits per heavy atom. The van der Waals surface area contributed by atoms with Crippen molar-refractivity contribution in [3.8, 4) is 0 Å².